The van der Waals surface area contributed by atoms with Crippen molar-refractivity contribution in [3.05, 3.63) is 59.7 Å². The molecule has 3 heterocycles. The van der Waals surface area contributed by atoms with Gasteiger partial charge in [-0.15, -0.1) is 0 Å². The number of aromatic nitrogens is 2. The number of rotatable bonds is 5. The fourth-order valence-corrected chi connectivity index (χ4v) is 3.59. The molecule has 192 valence electrons. The van der Waals surface area contributed by atoms with E-state index in [1.165, 1.54) is 6.07 Å². The van der Waals surface area contributed by atoms with Gasteiger partial charge >= 0.3 is 5.97 Å². The Morgan fingerprint density at radius 1 is 0.714 bits per heavy atom. The lowest BCUT2D eigenvalue weighted by Crippen LogP contribution is -2.33. The van der Waals surface area contributed by atoms with Crippen molar-refractivity contribution in [1.82, 2.24) is 19.8 Å². The average Bonchev–Trinajstić information content (AvgIpc) is 2.87. The highest BCUT2D eigenvalue weighted by molar-refractivity contribution is 5.85. The summed E-state index contributed by atoms with van der Waals surface area (Å²) in [6, 6.07) is 11.0. The number of aromatic carboxylic acids is 1. The van der Waals surface area contributed by atoms with Crippen LogP contribution in [0.1, 0.15) is 21.9 Å². The summed E-state index contributed by atoms with van der Waals surface area (Å²) in [6.07, 6.45) is 1.81. The van der Waals surface area contributed by atoms with Crippen molar-refractivity contribution in [2.75, 3.05) is 79.0 Å². The molecule has 0 amide bonds. The van der Waals surface area contributed by atoms with Crippen LogP contribution in [0.25, 0.3) is 0 Å². The van der Waals surface area contributed by atoms with Gasteiger partial charge in [-0.3, -0.25) is 14.8 Å². The molecule has 1 saturated heterocycles. The summed E-state index contributed by atoms with van der Waals surface area (Å²) in [5, 5.41) is 9.19. The van der Waals surface area contributed by atoms with E-state index in [9.17, 15) is 9.90 Å². The van der Waals surface area contributed by atoms with Crippen molar-refractivity contribution in [3.8, 4) is 0 Å². The first kappa shape index (κ1) is 27.1. The minimum atomic E-state index is -1.03. The summed E-state index contributed by atoms with van der Waals surface area (Å²) in [6.45, 7) is 8.57. The minimum Gasteiger partial charge on any atom is -0.477 e. The molecule has 0 saturated carbocycles. The van der Waals surface area contributed by atoms with Crippen molar-refractivity contribution < 1.29 is 28.8 Å². The van der Waals surface area contributed by atoms with E-state index < -0.39 is 5.97 Å². The van der Waals surface area contributed by atoms with Crippen molar-refractivity contribution in [1.29, 1.82) is 0 Å². The highest BCUT2D eigenvalue weighted by Crippen LogP contribution is 2.05. The van der Waals surface area contributed by atoms with E-state index in [4.69, 9.17) is 18.9 Å². The normalized spacial score (nSPS) is 19.0. The summed E-state index contributed by atoms with van der Waals surface area (Å²) in [5.74, 6) is -1.03. The molecule has 0 spiro atoms. The Bertz CT molecular complexity index is 837. The highest BCUT2D eigenvalue weighted by atomic mass is 16.5. The molecule has 0 aliphatic carbocycles. The van der Waals surface area contributed by atoms with Crippen molar-refractivity contribution in [3.63, 3.8) is 0 Å². The Balaban J connectivity index is 1.46. The second-order valence-corrected chi connectivity index (χ2v) is 8.14. The van der Waals surface area contributed by atoms with Crippen LogP contribution in [0, 0.1) is 0 Å². The Labute approximate surface area is 206 Å². The average molecular weight is 489 g/mol. The first-order valence-corrected chi connectivity index (χ1v) is 12.1. The van der Waals surface area contributed by atoms with Crippen LogP contribution in [0.4, 0.5) is 0 Å². The molecule has 1 aliphatic heterocycles. The van der Waals surface area contributed by atoms with Crippen LogP contribution in [0.3, 0.4) is 0 Å². The molecule has 35 heavy (non-hydrogen) atoms. The lowest BCUT2D eigenvalue weighted by molar-refractivity contribution is 0.00598. The lowest BCUT2D eigenvalue weighted by Gasteiger charge is -2.23. The lowest BCUT2D eigenvalue weighted by atomic mass is 10.3. The van der Waals surface area contributed by atoms with Gasteiger partial charge in [0, 0.05) is 45.5 Å². The van der Waals surface area contributed by atoms with Gasteiger partial charge in [-0.1, -0.05) is 12.1 Å². The number of carboxylic acids is 1. The summed E-state index contributed by atoms with van der Waals surface area (Å²) in [7, 11) is 0. The Morgan fingerprint density at radius 2 is 1.23 bits per heavy atom. The predicted octanol–water partition coefficient (Wildman–Crippen LogP) is 1.56. The molecule has 0 radical (unpaired) electrons. The fourth-order valence-electron chi connectivity index (χ4n) is 3.59. The molecule has 0 bridgehead atoms. The van der Waals surface area contributed by atoms with Crippen LogP contribution >= 0.6 is 0 Å². The van der Waals surface area contributed by atoms with Crippen LogP contribution in [-0.2, 0) is 32.0 Å². The molecule has 10 nitrogen and oxygen atoms in total. The van der Waals surface area contributed by atoms with E-state index in [1.807, 2.05) is 30.5 Å². The number of pyridine rings is 2. The van der Waals surface area contributed by atoms with Gasteiger partial charge in [0.15, 0.2) is 0 Å². The molecule has 3 rings (SSSR count). The van der Waals surface area contributed by atoms with Gasteiger partial charge in [0.1, 0.15) is 5.69 Å². The topological polar surface area (TPSA) is 106 Å². The third kappa shape index (κ3) is 11.2. The Morgan fingerprint density at radius 3 is 1.71 bits per heavy atom. The third-order valence-electron chi connectivity index (χ3n) is 5.47. The molecule has 0 atom stereocenters. The maximum atomic E-state index is 11.2. The first-order chi connectivity index (χ1) is 17.2. The molecule has 1 aliphatic rings. The fraction of sp³-hybridized carbons (Fsp3) is 0.560. The van der Waals surface area contributed by atoms with Gasteiger partial charge in [-0.2, -0.15) is 0 Å². The number of carbonyl (C=O) groups is 1. The zero-order valence-corrected chi connectivity index (χ0v) is 20.2. The molecule has 2 aromatic heterocycles. The van der Waals surface area contributed by atoms with E-state index in [2.05, 4.69) is 19.8 Å². The number of hydrogen-bond donors (Lipinski definition) is 1. The highest BCUT2D eigenvalue weighted by Gasteiger charge is 2.11. The molecule has 10 heteroatoms. The molecule has 1 N–H and O–H groups in total. The number of hydrogen-bond acceptors (Lipinski definition) is 9. The molecule has 0 unspecified atom stereocenters. The van der Waals surface area contributed by atoms with E-state index in [0.717, 1.165) is 25.3 Å². The minimum absolute atomic E-state index is 0.0456. The monoisotopic (exact) mass is 488 g/mol. The van der Waals surface area contributed by atoms with Crippen LogP contribution < -0.4 is 0 Å². The van der Waals surface area contributed by atoms with E-state index in [0.29, 0.717) is 78.2 Å². The molecule has 1 fully saturated rings. The second-order valence-electron chi connectivity index (χ2n) is 8.14. The third-order valence-corrected chi connectivity index (χ3v) is 5.47. The van der Waals surface area contributed by atoms with Crippen LogP contribution in [0.2, 0.25) is 0 Å². The van der Waals surface area contributed by atoms with Gasteiger partial charge in [-0.25, -0.2) is 9.78 Å². The Kier molecular flexibility index (Phi) is 12.6. The van der Waals surface area contributed by atoms with Gasteiger partial charge in [0.05, 0.1) is 64.2 Å². The molecule has 2 aromatic rings. The number of ether oxygens (including phenoxy) is 4. The second kappa shape index (κ2) is 16.2. The zero-order valence-electron chi connectivity index (χ0n) is 20.2. The van der Waals surface area contributed by atoms with E-state index in [-0.39, 0.29) is 5.69 Å². The predicted molar refractivity (Wildman–Crippen MR) is 129 cm³/mol. The molecule has 0 aromatic carbocycles. The van der Waals surface area contributed by atoms with Crippen molar-refractivity contribution >= 4 is 5.97 Å². The molecular formula is C25H36N4O6. The maximum Gasteiger partial charge on any atom is 0.354 e. The smallest absolute Gasteiger partial charge is 0.354 e. The van der Waals surface area contributed by atoms with Crippen LogP contribution in [-0.4, -0.2) is 110 Å². The summed E-state index contributed by atoms with van der Waals surface area (Å²) in [4.78, 5) is 24.3. The van der Waals surface area contributed by atoms with Crippen LogP contribution in [0.5, 0.6) is 0 Å². The van der Waals surface area contributed by atoms with Gasteiger partial charge < -0.3 is 24.1 Å². The Hall–Kier alpha value is -2.47. The summed E-state index contributed by atoms with van der Waals surface area (Å²) >= 11 is 0. The van der Waals surface area contributed by atoms with Crippen molar-refractivity contribution in [2.24, 2.45) is 0 Å². The molecular weight excluding hydrogens is 452 g/mol. The summed E-state index contributed by atoms with van der Waals surface area (Å²) < 4.78 is 23.1. The standard InChI is InChI=1S/C25H36N4O6/c30-25(31)24-6-3-5-23(27-24)21-29-10-14-34-18-16-32-12-8-28(20-22-4-1-2-7-26-22)9-13-33-17-19-35-15-11-29/h1-7H,8-21H2,(H,30,31). The largest absolute Gasteiger partial charge is 0.477 e. The van der Waals surface area contributed by atoms with E-state index in [1.54, 1.807) is 6.07 Å². The van der Waals surface area contributed by atoms with Gasteiger partial charge in [0.2, 0.25) is 0 Å². The number of carboxylic acid groups (broad SMARTS) is 1. The van der Waals surface area contributed by atoms with Crippen molar-refractivity contribution in [2.45, 2.75) is 13.1 Å². The quantitative estimate of drug-likeness (QED) is 0.666. The first-order valence-electron chi connectivity index (χ1n) is 12.1. The van der Waals surface area contributed by atoms with Gasteiger partial charge in [0.25, 0.3) is 0 Å². The summed E-state index contributed by atoms with van der Waals surface area (Å²) in [5.41, 5.74) is 1.77. The SMILES string of the molecule is O=C(O)c1cccc(CN2CCOCCOCCN(Cc3ccccn3)CCOCCOCC2)n1. The maximum absolute atomic E-state index is 11.2. The van der Waals surface area contributed by atoms with Gasteiger partial charge in [-0.05, 0) is 24.3 Å². The van der Waals surface area contributed by atoms with Crippen LogP contribution in [0.15, 0.2) is 42.6 Å². The number of nitrogens with zero attached hydrogens (tertiary/aromatic N) is 4. The van der Waals surface area contributed by atoms with E-state index >= 15 is 0 Å². The zero-order chi connectivity index (χ0) is 24.6.